The summed E-state index contributed by atoms with van der Waals surface area (Å²) in [5, 5.41) is 0. The van der Waals surface area contributed by atoms with Gasteiger partial charge in [0.25, 0.3) is 0 Å². The van der Waals surface area contributed by atoms with Crippen LogP contribution in [0, 0.1) is 25.7 Å². The molecule has 0 heterocycles. The lowest BCUT2D eigenvalue weighted by Crippen LogP contribution is -2.17. The van der Waals surface area contributed by atoms with E-state index >= 15 is 0 Å². The van der Waals surface area contributed by atoms with Crippen LogP contribution in [0.2, 0.25) is 0 Å². The number of hydrogen-bond donors (Lipinski definition) is 0. The van der Waals surface area contributed by atoms with Gasteiger partial charge >= 0.3 is 0 Å². The largest absolute Gasteiger partial charge is 0.299 e. The number of rotatable bonds is 6. The van der Waals surface area contributed by atoms with Gasteiger partial charge in [0.2, 0.25) is 0 Å². The summed E-state index contributed by atoms with van der Waals surface area (Å²) < 4.78 is 0. The van der Waals surface area contributed by atoms with E-state index in [-0.39, 0.29) is 5.92 Å². The summed E-state index contributed by atoms with van der Waals surface area (Å²) >= 11 is 0. The van der Waals surface area contributed by atoms with Crippen LogP contribution < -0.4 is 0 Å². The van der Waals surface area contributed by atoms with Crippen LogP contribution in [0.1, 0.15) is 98.3 Å². The Morgan fingerprint density at radius 3 is 1.80 bits per heavy atom. The fourth-order valence-corrected chi connectivity index (χ4v) is 2.37. The first-order chi connectivity index (χ1) is 11.9. The third-order valence-corrected chi connectivity index (χ3v) is 4.43. The molecular formula is C24H46O. The summed E-state index contributed by atoms with van der Waals surface area (Å²) in [6.45, 7) is 22.8. The van der Waals surface area contributed by atoms with Gasteiger partial charge in [0, 0.05) is 12.3 Å². The molecule has 0 saturated carbocycles. The van der Waals surface area contributed by atoms with Gasteiger partial charge in [0.05, 0.1) is 0 Å². The van der Waals surface area contributed by atoms with E-state index in [1.54, 1.807) is 0 Å². The van der Waals surface area contributed by atoms with Crippen molar-refractivity contribution >= 4 is 5.78 Å². The summed E-state index contributed by atoms with van der Waals surface area (Å²) in [5.74, 6) is 1.23. The summed E-state index contributed by atoms with van der Waals surface area (Å²) in [6, 6.07) is 6.64. The van der Waals surface area contributed by atoms with E-state index in [1.165, 1.54) is 29.5 Å². The van der Waals surface area contributed by atoms with Crippen LogP contribution in [0.3, 0.4) is 0 Å². The molecule has 0 spiro atoms. The lowest BCUT2D eigenvalue weighted by Gasteiger charge is -2.16. The van der Waals surface area contributed by atoms with E-state index in [2.05, 4.69) is 52.8 Å². The standard InChI is InChI=1S/C10H20O.C10H14.2C2H6/c1-5-7-8(3)9(4)10(11)6-2;1-4-10-6-5-8(2)9(3)7-10;2*1-2/h8-9H,5-7H2,1-4H3;5-7H,4H2,1-3H3;2*1-2H3. The molecule has 0 aliphatic carbocycles. The van der Waals surface area contributed by atoms with Gasteiger partial charge in [0.1, 0.15) is 5.78 Å². The molecule has 1 rings (SSSR count). The number of hydrogen-bond acceptors (Lipinski definition) is 1. The second kappa shape index (κ2) is 19.2. The van der Waals surface area contributed by atoms with Crippen LogP contribution >= 0.6 is 0 Å². The van der Waals surface area contributed by atoms with Gasteiger partial charge in [-0.2, -0.15) is 0 Å². The monoisotopic (exact) mass is 350 g/mol. The maximum Gasteiger partial charge on any atom is 0.135 e. The lowest BCUT2D eigenvalue weighted by atomic mass is 9.88. The number of carbonyl (C=O) groups is 1. The highest BCUT2D eigenvalue weighted by molar-refractivity contribution is 5.80. The second-order valence-electron chi connectivity index (χ2n) is 6.15. The van der Waals surface area contributed by atoms with Crippen LogP contribution in [0.15, 0.2) is 18.2 Å². The molecule has 0 aliphatic rings. The smallest absolute Gasteiger partial charge is 0.135 e. The molecule has 148 valence electrons. The molecule has 0 radical (unpaired) electrons. The topological polar surface area (TPSA) is 17.1 Å². The molecule has 0 bridgehead atoms. The third kappa shape index (κ3) is 13.8. The normalized spacial score (nSPS) is 11.5. The lowest BCUT2D eigenvalue weighted by molar-refractivity contribution is -0.123. The van der Waals surface area contributed by atoms with Crippen LogP contribution in [-0.2, 0) is 11.2 Å². The fraction of sp³-hybridized carbons (Fsp3) is 0.708. The van der Waals surface area contributed by atoms with Crippen molar-refractivity contribution in [2.24, 2.45) is 11.8 Å². The Bertz CT molecular complexity index is 420. The summed E-state index contributed by atoms with van der Waals surface area (Å²) in [7, 11) is 0. The predicted molar refractivity (Wildman–Crippen MR) is 117 cm³/mol. The molecule has 1 aromatic rings. The Labute approximate surface area is 159 Å². The maximum atomic E-state index is 11.2. The molecule has 0 amide bonds. The van der Waals surface area contributed by atoms with Gasteiger partial charge in [0.15, 0.2) is 0 Å². The average molecular weight is 351 g/mol. The third-order valence-electron chi connectivity index (χ3n) is 4.43. The SMILES string of the molecule is CC.CC.CCCC(C)C(C)C(=O)CC.CCc1ccc(C)c(C)c1. The molecule has 1 heteroatoms. The zero-order chi connectivity index (χ0) is 20.4. The molecule has 0 saturated heterocycles. The Morgan fingerprint density at radius 1 is 0.920 bits per heavy atom. The van der Waals surface area contributed by atoms with Gasteiger partial charge < -0.3 is 0 Å². The molecule has 0 aliphatic heterocycles. The molecule has 0 N–H and O–H groups in total. The average Bonchev–Trinajstić information content (AvgIpc) is 2.66. The van der Waals surface area contributed by atoms with Crippen molar-refractivity contribution in [3.8, 4) is 0 Å². The van der Waals surface area contributed by atoms with Crippen molar-refractivity contribution in [1.82, 2.24) is 0 Å². The van der Waals surface area contributed by atoms with Crippen molar-refractivity contribution in [1.29, 1.82) is 0 Å². The Balaban J connectivity index is -0.000000323. The van der Waals surface area contributed by atoms with Crippen molar-refractivity contribution in [2.45, 2.75) is 102 Å². The highest BCUT2D eigenvalue weighted by atomic mass is 16.1. The minimum Gasteiger partial charge on any atom is -0.299 e. The zero-order valence-electron chi connectivity index (χ0n) is 19.1. The summed E-state index contributed by atoms with van der Waals surface area (Å²) in [6.07, 6.45) is 4.19. The van der Waals surface area contributed by atoms with Crippen molar-refractivity contribution in [3.05, 3.63) is 34.9 Å². The number of ketones is 1. The minimum absolute atomic E-state index is 0.264. The highest BCUT2D eigenvalue weighted by Gasteiger charge is 2.17. The van der Waals surface area contributed by atoms with E-state index in [4.69, 9.17) is 0 Å². The first kappa shape index (κ1) is 28.7. The molecule has 25 heavy (non-hydrogen) atoms. The molecule has 1 aromatic carbocycles. The Kier molecular flexibility index (Phi) is 22.0. The molecule has 0 aromatic heterocycles. The summed E-state index contributed by atoms with van der Waals surface area (Å²) in [4.78, 5) is 11.2. The zero-order valence-corrected chi connectivity index (χ0v) is 19.1. The number of aryl methyl sites for hydroxylation is 3. The van der Waals surface area contributed by atoms with Gasteiger partial charge in [-0.15, -0.1) is 0 Å². The molecule has 2 atom stereocenters. The second-order valence-corrected chi connectivity index (χ2v) is 6.15. The predicted octanol–water partition coefficient (Wildman–Crippen LogP) is 7.96. The number of Topliss-reactive ketones (excluding diaryl/α,β-unsaturated/α-hetero) is 1. The van der Waals surface area contributed by atoms with E-state index in [1.807, 2.05) is 41.5 Å². The van der Waals surface area contributed by atoms with Crippen molar-refractivity contribution in [3.63, 3.8) is 0 Å². The molecule has 1 nitrogen and oxygen atoms in total. The van der Waals surface area contributed by atoms with Gasteiger partial charge in [-0.3, -0.25) is 4.79 Å². The molecule has 0 fully saturated rings. The van der Waals surface area contributed by atoms with Crippen LogP contribution in [0.25, 0.3) is 0 Å². The van der Waals surface area contributed by atoms with Crippen LogP contribution in [-0.4, -0.2) is 5.78 Å². The minimum atomic E-state index is 0.264. The van der Waals surface area contributed by atoms with E-state index < -0.39 is 0 Å². The molecular weight excluding hydrogens is 304 g/mol. The van der Waals surface area contributed by atoms with E-state index in [9.17, 15) is 4.79 Å². The molecule has 2 unspecified atom stereocenters. The van der Waals surface area contributed by atoms with Crippen LogP contribution in [0.4, 0.5) is 0 Å². The Morgan fingerprint density at radius 2 is 1.44 bits per heavy atom. The summed E-state index contributed by atoms with van der Waals surface area (Å²) in [5.41, 5.74) is 4.22. The van der Waals surface area contributed by atoms with Crippen molar-refractivity contribution in [2.75, 3.05) is 0 Å². The van der Waals surface area contributed by atoms with E-state index in [0.717, 1.165) is 6.42 Å². The van der Waals surface area contributed by atoms with E-state index in [0.29, 0.717) is 18.1 Å². The number of benzene rings is 1. The van der Waals surface area contributed by atoms with Gasteiger partial charge in [-0.25, -0.2) is 0 Å². The van der Waals surface area contributed by atoms with Crippen molar-refractivity contribution < 1.29 is 4.79 Å². The first-order valence-corrected chi connectivity index (χ1v) is 10.5. The quantitative estimate of drug-likeness (QED) is 0.508. The number of carbonyl (C=O) groups excluding carboxylic acids is 1. The Hall–Kier alpha value is -1.11. The maximum absolute atomic E-state index is 11.2. The van der Waals surface area contributed by atoms with Gasteiger partial charge in [-0.05, 0) is 42.9 Å². The fourth-order valence-electron chi connectivity index (χ4n) is 2.37. The first-order valence-electron chi connectivity index (χ1n) is 10.5. The van der Waals surface area contributed by atoms with Crippen LogP contribution in [0.5, 0.6) is 0 Å². The van der Waals surface area contributed by atoms with Gasteiger partial charge in [-0.1, -0.05) is 93.4 Å². The highest BCUT2D eigenvalue weighted by Crippen LogP contribution is 2.18.